The molecule has 0 unspecified atom stereocenters. The Bertz CT molecular complexity index is 723. The second-order valence-electron chi connectivity index (χ2n) is 6.25. The first kappa shape index (κ1) is 16.2. The molecule has 0 saturated carbocycles. The molecular formula is C18H21N3O3. The van der Waals surface area contributed by atoms with Crippen LogP contribution in [0, 0.1) is 12.8 Å². The Balaban J connectivity index is 1.77. The largest absolute Gasteiger partial charge is 0.478 e. The molecule has 24 heavy (non-hydrogen) atoms. The third kappa shape index (κ3) is 3.82. The zero-order valence-electron chi connectivity index (χ0n) is 13.9. The lowest BCUT2D eigenvalue weighted by atomic mass is 10.00. The molecular weight excluding hydrogens is 306 g/mol. The summed E-state index contributed by atoms with van der Waals surface area (Å²) in [5.41, 5.74) is 1.07. The number of aromatic carboxylic acids is 1. The maximum atomic E-state index is 10.9. The molecule has 1 aromatic carbocycles. The van der Waals surface area contributed by atoms with E-state index < -0.39 is 5.97 Å². The Morgan fingerprint density at radius 3 is 2.50 bits per heavy atom. The van der Waals surface area contributed by atoms with Crippen LogP contribution in [0.3, 0.4) is 0 Å². The van der Waals surface area contributed by atoms with E-state index in [0.717, 1.165) is 37.5 Å². The predicted octanol–water partition coefficient (Wildman–Crippen LogP) is 3.51. The van der Waals surface area contributed by atoms with Crippen molar-refractivity contribution in [1.29, 1.82) is 0 Å². The van der Waals surface area contributed by atoms with E-state index in [2.05, 4.69) is 21.8 Å². The molecule has 6 heteroatoms. The molecule has 0 bridgehead atoms. The van der Waals surface area contributed by atoms with Crippen LogP contribution in [0.25, 0.3) is 0 Å². The van der Waals surface area contributed by atoms with Crippen LogP contribution in [0.15, 0.2) is 30.3 Å². The van der Waals surface area contributed by atoms with Gasteiger partial charge in [-0.05, 0) is 49.9 Å². The van der Waals surface area contributed by atoms with Crippen LogP contribution in [-0.2, 0) is 0 Å². The lowest BCUT2D eigenvalue weighted by Crippen LogP contribution is -2.34. The van der Waals surface area contributed by atoms with Crippen molar-refractivity contribution < 1.29 is 14.6 Å². The van der Waals surface area contributed by atoms with E-state index in [0.29, 0.717) is 17.6 Å². The first-order valence-electron chi connectivity index (χ1n) is 8.13. The van der Waals surface area contributed by atoms with Crippen molar-refractivity contribution in [2.24, 2.45) is 5.92 Å². The quantitative estimate of drug-likeness (QED) is 0.926. The van der Waals surface area contributed by atoms with Crippen LogP contribution < -0.4 is 9.64 Å². The van der Waals surface area contributed by atoms with Crippen LogP contribution >= 0.6 is 0 Å². The molecule has 6 nitrogen and oxygen atoms in total. The van der Waals surface area contributed by atoms with Crippen molar-refractivity contribution >= 4 is 11.9 Å². The van der Waals surface area contributed by atoms with Gasteiger partial charge in [-0.3, -0.25) is 0 Å². The number of hydrogen-bond donors (Lipinski definition) is 1. The van der Waals surface area contributed by atoms with Gasteiger partial charge in [0.05, 0.1) is 5.56 Å². The van der Waals surface area contributed by atoms with E-state index >= 15 is 0 Å². The highest BCUT2D eigenvalue weighted by molar-refractivity contribution is 5.87. The minimum atomic E-state index is -0.957. The van der Waals surface area contributed by atoms with Gasteiger partial charge in [0.2, 0.25) is 11.8 Å². The monoisotopic (exact) mass is 327 g/mol. The van der Waals surface area contributed by atoms with Gasteiger partial charge in [-0.15, -0.1) is 0 Å². The van der Waals surface area contributed by atoms with Gasteiger partial charge in [0.15, 0.2) is 0 Å². The average Bonchev–Trinajstić information content (AvgIpc) is 2.55. The van der Waals surface area contributed by atoms with Crippen LogP contribution in [0.1, 0.15) is 35.8 Å². The smallest absolute Gasteiger partial charge is 0.335 e. The number of rotatable bonds is 4. The Kier molecular flexibility index (Phi) is 4.64. The average molecular weight is 327 g/mol. The van der Waals surface area contributed by atoms with E-state index in [9.17, 15) is 4.79 Å². The van der Waals surface area contributed by atoms with Gasteiger partial charge >= 0.3 is 5.97 Å². The number of ether oxygens (including phenoxy) is 1. The number of aromatic nitrogens is 2. The predicted molar refractivity (Wildman–Crippen MR) is 90.9 cm³/mol. The lowest BCUT2D eigenvalue weighted by molar-refractivity contribution is 0.0697. The number of benzene rings is 1. The highest BCUT2D eigenvalue weighted by Gasteiger charge is 2.19. The summed E-state index contributed by atoms with van der Waals surface area (Å²) < 4.78 is 5.78. The van der Waals surface area contributed by atoms with Gasteiger partial charge in [0.25, 0.3) is 0 Å². The highest BCUT2D eigenvalue weighted by Crippen LogP contribution is 2.25. The molecule has 0 amide bonds. The van der Waals surface area contributed by atoms with Gasteiger partial charge in [-0.1, -0.05) is 6.92 Å². The Hall–Kier alpha value is -2.63. The van der Waals surface area contributed by atoms with E-state index in [4.69, 9.17) is 9.84 Å². The van der Waals surface area contributed by atoms with Crippen molar-refractivity contribution in [1.82, 2.24) is 9.97 Å². The Morgan fingerprint density at radius 2 is 1.88 bits per heavy atom. The second kappa shape index (κ2) is 6.86. The van der Waals surface area contributed by atoms with Crippen molar-refractivity contribution in [2.45, 2.75) is 26.7 Å². The molecule has 0 aliphatic carbocycles. The fourth-order valence-electron chi connectivity index (χ4n) is 2.71. The summed E-state index contributed by atoms with van der Waals surface area (Å²) in [5, 5.41) is 8.93. The van der Waals surface area contributed by atoms with Crippen molar-refractivity contribution in [3.8, 4) is 11.6 Å². The van der Waals surface area contributed by atoms with Crippen LogP contribution in [-0.4, -0.2) is 34.1 Å². The van der Waals surface area contributed by atoms with E-state index in [1.165, 1.54) is 12.1 Å². The maximum Gasteiger partial charge on any atom is 0.335 e. The number of piperidine rings is 1. The summed E-state index contributed by atoms with van der Waals surface area (Å²) in [6.45, 7) is 6.09. The SMILES string of the molecule is Cc1cc(Oc2ccc(C(=O)O)cc2)nc(N2CCC(C)CC2)n1. The fourth-order valence-corrected chi connectivity index (χ4v) is 2.71. The standard InChI is InChI=1S/C18H21N3O3/c1-12-7-9-21(10-8-12)18-19-13(2)11-16(20-18)24-15-5-3-14(4-6-15)17(22)23/h3-6,11-12H,7-10H2,1-2H3,(H,22,23). The minimum absolute atomic E-state index is 0.226. The molecule has 0 spiro atoms. The summed E-state index contributed by atoms with van der Waals surface area (Å²) in [7, 11) is 0. The molecule has 3 rings (SSSR count). The number of hydrogen-bond acceptors (Lipinski definition) is 5. The van der Waals surface area contributed by atoms with Crippen LogP contribution in [0.2, 0.25) is 0 Å². The summed E-state index contributed by atoms with van der Waals surface area (Å²) >= 11 is 0. The molecule has 1 saturated heterocycles. The Labute approximate surface area is 141 Å². The first-order chi connectivity index (χ1) is 11.5. The number of anilines is 1. The molecule has 1 aromatic heterocycles. The van der Waals surface area contributed by atoms with E-state index in [-0.39, 0.29) is 5.56 Å². The zero-order valence-corrected chi connectivity index (χ0v) is 13.9. The Morgan fingerprint density at radius 1 is 1.21 bits per heavy atom. The van der Waals surface area contributed by atoms with Gasteiger partial charge in [0, 0.05) is 24.8 Å². The minimum Gasteiger partial charge on any atom is -0.478 e. The van der Waals surface area contributed by atoms with Gasteiger partial charge < -0.3 is 14.7 Å². The highest BCUT2D eigenvalue weighted by atomic mass is 16.5. The van der Waals surface area contributed by atoms with Crippen LogP contribution in [0.5, 0.6) is 11.6 Å². The van der Waals surface area contributed by atoms with Gasteiger partial charge in [0.1, 0.15) is 5.75 Å². The fraction of sp³-hybridized carbons (Fsp3) is 0.389. The van der Waals surface area contributed by atoms with Crippen molar-refractivity contribution in [3.63, 3.8) is 0 Å². The van der Waals surface area contributed by atoms with E-state index in [1.54, 1.807) is 18.2 Å². The summed E-state index contributed by atoms with van der Waals surface area (Å²) in [6.07, 6.45) is 2.29. The molecule has 0 atom stereocenters. The summed E-state index contributed by atoms with van der Waals surface area (Å²) in [5.74, 6) is 1.50. The maximum absolute atomic E-state index is 10.9. The molecule has 2 heterocycles. The van der Waals surface area contributed by atoms with Crippen LogP contribution in [0.4, 0.5) is 5.95 Å². The normalized spacial score (nSPS) is 15.3. The second-order valence-corrected chi connectivity index (χ2v) is 6.25. The number of carbonyl (C=O) groups is 1. The molecule has 1 aliphatic rings. The number of carboxylic acid groups (broad SMARTS) is 1. The molecule has 0 radical (unpaired) electrons. The van der Waals surface area contributed by atoms with Crippen molar-refractivity contribution in [3.05, 3.63) is 41.6 Å². The van der Waals surface area contributed by atoms with Gasteiger partial charge in [-0.25, -0.2) is 9.78 Å². The molecule has 1 aliphatic heterocycles. The van der Waals surface area contributed by atoms with Crippen molar-refractivity contribution in [2.75, 3.05) is 18.0 Å². The molecule has 1 fully saturated rings. The molecule has 1 N–H and O–H groups in total. The topological polar surface area (TPSA) is 75.6 Å². The molecule has 126 valence electrons. The third-order valence-electron chi connectivity index (χ3n) is 4.21. The number of aryl methyl sites for hydroxylation is 1. The number of nitrogens with zero attached hydrogens (tertiary/aromatic N) is 3. The van der Waals surface area contributed by atoms with E-state index in [1.807, 2.05) is 6.92 Å². The van der Waals surface area contributed by atoms with Gasteiger partial charge in [-0.2, -0.15) is 4.98 Å². The zero-order chi connectivity index (χ0) is 17.1. The first-order valence-corrected chi connectivity index (χ1v) is 8.13. The summed E-state index contributed by atoms with van der Waals surface area (Å²) in [4.78, 5) is 22.1. The lowest BCUT2D eigenvalue weighted by Gasteiger charge is -2.30. The third-order valence-corrected chi connectivity index (χ3v) is 4.21. The molecule has 2 aromatic rings. The summed E-state index contributed by atoms with van der Waals surface area (Å²) in [6, 6.07) is 8.06. The number of carboxylic acids is 1.